The number of carbonyl (C=O) groups is 1. The van der Waals surface area contributed by atoms with Crippen molar-refractivity contribution in [2.24, 2.45) is 0 Å². The quantitative estimate of drug-likeness (QED) is 0.686. The van der Waals surface area contributed by atoms with Crippen LogP contribution in [-0.2, 0) is 30.3 Å². The van der Waals surface area contributed by atoms with E-state index in [9.17, 15) is 4.79 Å². The SMILES string of the molecule is C=CCC(CC1OC(OC)C2OC(C)(C)OC12)NC(=O)OCc1ccccc1. The standard InChI is InChI=1S/C21H29NO6/c1-5-9-15(22-20(23)25-13-14-10-7-6-8-11-14)12-16-17-18(19(24-4)26-16)28-21(2,3)27-17/h5-8,10-11,15-19H,1,9,12-13H2,2-4H3,(H,22,23). The number of amides is 1. The highest BCUT2D eigenvalue weighted by Gasteiger charge is 2.55. The molecule has 5 atom stereocenters. The normalized spacial score (nSPS) is 29.1. The summed E-state index contributed by atoms with van der Waals surface area (Å²) in [5.41, 5.74) is 0.932. The Morgan fingerprint density at radius 3 is 2.68 bits per heavy atom. The summed E-state index contributed by atoms with van der Waals surface area (Å²) >= 11 is 0. The van der Waals surface area contributed by atoms with Crippen molar-refractivity contribution >= 4 is 6.09 Å². The Bertz CT molecular complexity index is 664. The second-order valence-corrected chi connectivity index (χ2v) is 7.51. The molecule has 7 nitrogen and oxygen atoms in total. The first-order chi connectivity index (χ1) is 13.4. The monoisotopic (exact) mass is 391 g/mol. The molecule has 1 N–H and O–H groups in total. The van der Waals surface area contributed by atoms with Gasteiger partial charge < -0.3 is 29.0 Å². The Labute approximate surface area is 165 Å². The van der Waals surface area contributed by atoms with Crippen LogP contribution in [-0.4, -0.2) is 49.6 Å². The van der Waals surface area contributed by atoms with Gasteiger partial charge in [-0.2, -0.15) is 0 Å². The molecular weight excluding hydrogens is 362 g/mol. The van der Waals surface area contributed by atoms with Gasteiger partial charge in [-0.05, 0) is 32.3 Å². The molecule has 0 radical (unpaired) electrons. The van der Waals surface area contributed by atoms with Gasteiger partial charge in [0.25, 0.3) is 0 Å². The van der Waals surface area contributed by atoms with Crippen LogP contribution in [0.1, 0.15) is 32.3 Å². The van der Waals surface area contributed by atoms with E-state index in [0.29, 0.717) is 12.8 Å². The molecule has 2 heterocycles. The van der Waals surface area contributed by atoms with Crippen LogP contribution in [0.4, 0.5) is 4.79 Å². The van der Waals surface area contributed by atoms with Crippen LogP contribution in [0.25, 0.3) is 0 Å². The summed E-state index contributed by atoms with van der Waals surface area (Å²) in [5, 5.41) is 2.90. The van der Waals surface area contributed by atoms with Crippen LogP contribution in [0.3, 0.4) is 0 Å². The van der Waals surface area contributed by atoms with Gasteiger partial charge in [0.2, 0.25) is 0 Å². The average molecular weight is 391 g/mol. The van der Waals surface area contributed by atoms with Crippen molar-refractivity contribution in [2.75, 3.05) is 7.11 Å². The third-order valence-corrected chi connectivity index (χ3v) is 4.84. The zero-order valence-electron chi connectivity index (χ0n) is 16.6. The number of ether oxygens (including phenoxy) is 5. The van der Waals surface area contributed by atoms with E-state index < -0.39 is 18.2 Å². The number of carbonyl (C=O) groups excluding carboxylic acids is 1. The highest BCUT2D eigenvalue weighted by atomic mass is 16.8. The van der Waals surface area contributed by atoms with E-state index in [1.807, 2.05) is 44.2 Å². The number of alkyl carbamates (subject to hydrolysis) is 1. The third-order valence-electron chi connectivity index (χ3n) is 4.84. The molecule has 0 aromatic heterocycles. The molecule has 0 bridgehead atoms. The topological polar surface area (TPSA) is 75.3 Å². The summed E-state index contributed by atoms with van der Waals surface area (Å²) in [6, 6.07) is 9.34. The van der Waals surface area contributed by atoms with Crippen LogP contribution >= 0.6 is 0 Å². The van der Waals surface area contributed by atoms with Gasteiger partial charge in [0.15, 0.2) is 12.1 Å². The number of hydrogen-bond donors (Lipinski definition) is 1. The number of methoxy groups -OCH3 is 1. The molecule has 2 saturated heterocycles. The van der Waals surface area contributed by atoms with Crippen molar-refractivity contribution in [3.05, 3.63) is 48.6 Å². The minimum absolute atomic E-state index is 0.200. The molecule has 0 aliphatic carbocycles. The van der Waals surface area contributed by atoms with Crippen LogP contribution in [0, 0.1) is 0 Å². The zero-order chi connectivity index (χ0) is 20.1. The predicted octanol–water partition coefficient (Wildman–Crippen LogP) is 3.14. The van der Waals surface area contributed by atoms with Crippen molar-refractivity contribution in [1.82, 2.24) is 5.32 Å². The molecule has 1 aromatic carbocycles. The summed E-state index contributed by atoms with van der Waals surface area (Å²) in [6.07, 6.45) is 1.10. The van der Waals surface area contributed by atoms with Gasteiger partial charge in [-0.25, -0.2) is 4.79 Å². The number of benzene rings is 1. The van der Waals surface area contributed by atoms with Crippen molar-refractivity contribution in [3.8, 4) is 0 Å². The van der Waals surface area contributed by atoms with Crippen LogP contribution in [0.2, 0.25) is 0 Å². The molecule has 5 unspecified atom stereocenters. The van der Waals surface area contributed by atoms with E-state index in [0.717, 1.165) is 5.56 Å². The van der Waals surface area contributed by atoms with Gasteiger partial charge in [0.1, 0.15) is 18.8 Å². The lowest BCUT2D eigenvalue weighted by Crippen LogP contribution is -2.40. The van der Waals surface area contributed by atoms with Crippen molar-refractivity contribution in [2.45, 2.75) is 69.7 Å². The molecule has 28 heavy (non-hydrogen) atoms. The fraction of sp³-hybridized carbons (Fsp3) is 0.571. The maximum atomic E-state index is 12.2. The summed E-state index contributed by atoms with van der Waals surface area (Å²) in [4.78, 5) is 12.2. The van der Waals surface area contributed by atoms with E-state index in [-0.39, 0.29) is 31.0 Å². The highest BCUT2D eigenvalue weighted by molar-refractivity contribution is 5.67. The fourth-order valence-corrected chi connectivity index (χ4v) is 3.65. The maximum Gasteiger partial charge on any atom is 0.407 e. The lowest BCUT2D eigenvalue weighted by molar-refractivity contribution is -0.228. The second kappa shape index (κ2) is 9.05. The van der Waals surface area contributed by atoms with Crippen LogP contribution in [0.15, 0.2) is 43.0 Å². The molecule has 2 aliphatic heterocycles. The molecule has 3 rings (SSSR count). The predicted molar refractivity (Wildman–Crippen MR) is 102 cm³/mol. The first-order valence-corrected chi connectivity index (χ1v) is 9.54. The average Bonchev–Trinajstić information content (AvgIpc) is 3.14. The Balaban J connectivity index is 1.56. The molecular formula is C21H29NO6. The first kappa shape index (κ1) is 20.8. The summed E-state index contributed by atoms with van der Waals surface area (Å²) in [7, 11) is 1.58. The zero-order valence-corrected chi connectivity index (χ0v) is 16.6. The number of hydrogen-bond acceptors (Lipinski definition) is 6. The summed E-state index contributed by atoms with van der Waals surface area (Å²) in [6.45, 7) is 7.74. The fourth-order valence-electron chi connectivity index (χ4n) is 3.65. The highest BCUT2D eigenvalue weighted by Crippen LogP contribution is 2.40. The maximum absolute atomic E-state index is 12.2. The van der Waals surface area contributed by atoms with Gasteiger partial charge in [-0.3, -0.25) is 0 Å². The Hall–Kier alpha value is -1.93. The smallest absolute Gasteiger partial charge is 0.407 e. The van der Waals surface area contributed by atoms with Gasteiger partial charge in [-0.15, -0.1) is 6.58 Å². The van der Waals surface area contributed by atoms with Crippen molar-refractivity contribution in [1.29, 1.82) is 0 Å². The largest absolute Gasteiger partial charge is 0.445 e. The minimum atomic E-state index is -0.690. The van der Waals surface area contributed by atoms with Crippen LogP contribution in [0.5, 0.6) is 0 Å². The minimum Gasteiger partial charge on any atom is -0.445 e. The van der Waals surface area contributed by atoms with E-state index in [2.05, 4.69) is 11.9 Å². The molecule has 1 amide bonds. The van der Waals surface area contributed by atoms with E-state index in [4.69, 9.17) is 23.7 Å². The number of nitrogens with one attached hydrogen (secondary N) is 1. The van der Waals surface area contributed by atoms with Gasteiger partial charge in [0, 0.05) is 13.2 Å². The molecule has 7 heteroatoms. The second-order valence-electron chi connectivity index (χ2n) is 7.51. The Morgan fingerprint density at radius 2 is 2.00 bits per heavy atom. The van der Waals surface area contributed by atoms with Gasteiger partial charge in [0.05, 0.1) is 6.10 Å². The Kier molecular flexibility index (Phi) is 6.72. The number of fused-ring (bicyclic) bond motifs is 1. The lowest BCUT2D eigenvalue weighted by Gasteiger charge is -2.26. The summed E-state index contributed by atoms with van der Waals surface area (Å²) < 4.78 is 28.6. The van der Waals surface area contributed by atoms with Gasteiger partial charge in [-0.1, -0.05) is 36.4 Å². The third kappa shape index (κ3) is 5.11. The molecule has 1 aromatic rings. The first-order valence-electron chi connectivity index (χ1n) is 9.54. The molecule has 154 valence electrons. The van der Waals surface area contributed by atoms with E-state index in [1.165, 1.54) is 0 Å². The Morgan fingerprint density at radius 1 is 1.29 bits per heavy atom. The van der Waals surface area contributed by atoms with E-state index in [1.54, 1.807) is 13.2 Å². The van der Waals surface area contributed by atoms with Crippen molar-refractivity contribution in [3.63, 3.8) is 0 Å². The molecule has 0 saturated carbocycles. The van der Waals surface area contributed by atoms with Gasteiger partial charge >= 0.3 is 6.09 Å². The van der Waals surface area contributed by atoms with Crippen LogP contribution < -0.4 is 5.32 Å². The molecule has 2 fully saturated rings. The molecule has 0 spiro atoms. The van der Waals surface area contributed by atoms with Crippen molar-refractivity contribution < 1.29 is 28.5 Å². The molecule has 2 aliphatic rings. The number of rotatable bonds is 8. The van der Waals surface area contributed by atoms with E-state index >= 15 is 0 Å². The summed E-state index contributed by atoms with van der Waals surface area (Å²) in [5.74, 6) is -0.690. The lowest BCUT2D eigenvalue weighted by atomic mass is 10.0.